The molecule has 5 aromatic rings. The van der Waals surface area contributed by atoms with Crippen LogP contribution >= 0.6 is 0 Å². The highest BCUT2D eigenvalue weighted by Gasteiger charge is 2.30. The van der Waals surface area contributed by atoms with Crippen LogP contribution in [-0.2, 0) is 9.84 Å². The molecule has 5 rings (SSSR count). The molecule has 9 heteroatoms. The number of fused-ring (bicyclic) bond motifs is 2. The standard InChI is InChI=1S/C24H19N5O3S/c1-15-6-4-9-18(12-15)33(31,32)22-21-24(28-20-11-3-2-10-19(20)27-21)29(23(22)25)26-14-16-7-5-8-17(30)13-16/h2-14,30H,25H2,1H3. The van der Waals surface area contributed by atoms with Gasteiger partial charge in [0.15, 0.2) is 5.65 Å². The van der Waals surface area contributed by atoms with Crippen LogP contribution in [0.5, 0.6) is 5.75 Å². The molecule has 0 amide bonds. The van der Waals surface area contributed by atoms with Gasteiger partial charge in [-0.05, 0) is 54.4 Å². The van der Waals surface area contributed by atoms with Crippen LogP contribution in [0, 0.1) is 6.92 Å². The molecule has 33 heavy (non-hydrogen) atoms. The minimum Gasteiger partial charge on any atom is -0.508 e. The van der Waals surface area contributed by atoms with Crippen molar-refractivity contribution >= 4 is 44.1 Å². The van der Waals surface area contributed by atoms with Crippen LogP contribution in [-0.4, -0.2) is 34.4 Å². The summed E-state index contributed by atoms with van der Waals surface area (Å²) in [6, 6.07) is 20.3. The first-order valence-corrected chi connectivity index (χ1v) is 11.5. The zero-order valence-corrected chi connectivity index (χ0v) is 18.4. The van der Waals surface area contributed by atoms with Crippen LogP contribution in [0.4, 0.5) is 5.82 Å². The van der Waals surface area contributed by atoms with Crippen molar-refractivity contribution in [3.05, 3.63) is 83.9 Å². The zero-order valence-electron chi connectivity index (χ0n) is 17.5. The van der Waals surface area contributed by atoms with Crippen molar-refractivity contribution in [2.24, 2.45) is 5.10 Å². The molecule has 164 valence electrons. The Bertz CT molecular complexity index is 1670. The highest BCUT2D eigenvalue weighted by Crippen LogP contribution is 2.35. The fourth-order valence-corrected chi connectivity index (χ4v) is 5.22. The van der Waals surface area contributed by atoms with E-state index in [0.717, 1.165) is 5.56 Å². The molecule has 3 aromatic carbocycles. The van der Waals surface area contributed by atoms with Gasteiger partial charge >= 0.3 is 0 Å². The van der Waals surface area contributed by atoms with Crippen molar-refractivity contribution < 1.29 is 13.5 Å². The van der Waals surface area contributed by atoms with E-state index in [1.807, 2.05) is 19.1 Å². The Morgan fingerprint density at radius 3 is 2.42 bits per heavy atom. The maximum absolute atomic E-state index is 13.6. The topological polar surface area (TPSA) is 123 Å². The second-order valence-corrected chi connectivity index (χ2v) is 9.46. The Morgan fingerprint density at radius 2 is 1.70 bits per heavy atom. The van der Waals surface area contributed by atoms with Gasteiger partial charge in [0.2, 0.25) is 9.84 Å². The number of phenolic OH excluding ortho intramolecular Hbond substituents is 1. The number of hydrogen-bond acceptors (Lipinski definition) is 7. The minimum absolute atomic E-state index is 0.0813. The first-order valence-electron chi connectivity index (χ1n) is 10.1. The van der Waals surface area contributed by atoms with Gasteiger partial charge in [-0.25, -0.2) is 18.4 Å². The molecule has 0 aliphatic rings. The van der Waals surface area contributed by atoms with E-state index in [-0.39, 0.29) is 32.5 Å². The molecule has 2 heterocycles. The smallest absolute Gasteiger partial charge is 0.212 e. The molecule has 0 unspecified atom stereocenters. The Kier molecular flexibility index (Phi) is 4.83. The highest BCUT2D eigenvalue weighted by atomic mass is 32.2. The lowest BCUT2D eigenvalue weighted by Gasteiger charge is -2.06. The largest absolute Gasteiger partial charge is 0.508 e. The van der Waals surface area contributed by atoms with Crippen molar-refractivity contribution in [1.29, 1.82) is 0 Å². The van der Waals surface area contributed by atoms with E-state index in [4.69, 9.17) is 5.73 Å². The molecule has 0 saturated heterocycles. The third kappa shape index (κ3) is 3.58. The fourth-order valence-electron chi connectivity index (χ4n) is 3.63. The molecule has 0 radical (unpaired) electrons. The number of sulfone groups is 1. The minimum atomic E-state index is -4.02. The van der Waals surface area contributed by atoms with E-state index in [9.17, 15) is 13.5 Å². The predicted octanol–water partition coefficient (Wildman–Crippen LogP) is 3.90. The summed E-state index contributed by atoms with van der Waals surface area (Å²) in [7, 11) is -4.02. The summed E-state index contributed by atoms with van der Waals surface area (Å²) in [5, 5.41) is 14.1. The number of benzene rings is 3. The number of hydrogen-bond donors (Lipinski definition) is 2. The SMILES string of the molecule is Cc1cccc(S(=O)(=O)c2c(N)n(N=Cc3cccc(O)c3)c3nc4ccccc4nc23)c1. The second-order valence-electron chi connectivity index (χ2n) is 7.57. The average molecular weight is 458 g/mol. The number of nitrogens with two attached hydrogens (primary N) is 1. The van der Waals surface area contributed by atoms with Gasteiger partial charge in [0.25, 0.3) is 0 Å². The monoisotopic (exact) mass is 457 g/mol. The van der Waals surface area contributed by atoms with Crippen LogP contribution in [0.25, 0.3) is 22.2 Å². The van der Waals surface area contributed by atoms with Crippen LogP contribution in [0.3, 0.4) is 0 Å². The summed E-state index contributed by atoms with van der Waals surface area (Å²) in [5.41, 5.74) is 9.26. The van der Waals surface area contributed by atoms with E-state index in [1.54, 1.807) is 48.5 Å². The van der Waals surface area contributed by atoms with Crippen molar-refractivity contribution in [1.82, 2.24) is 14.6 Å². The molecule has 0 aliphatic heterocycles. The fraction of sp³-hybridized carbons (Fsp3) is 0.0417. The summed E-state index contributed by atoms with van der Waals surface area (Å²) in [5.74, 6) is -0.0176. The van der Waals surface area contributed by atoms with Gasteiger partial charge in [-0.15, -0.1) is 0 Å². The molecule has 0 aliphatic carbocycles. The van der Waals surface area contributed by atoms with Gasteiger partial charge in [-0.2, -0.15) is 9.78 Å². The van der Waals surface area contributed by atoms with Crippen LogP contribution in [0.2, 0.25) is 0 Å². The number of para-hydroxylation sites is 2. The highest BCUT2D eigenvalue weighted by molar-refractivity contribution is 7.92. The number of aryl methyl sites for hydroxylation is 1. The van der Waals surface area contributed by atoms with E-state index in [1.165, 1.54) is 23.0 Å². The molecule has 2 aromatic heterocycles. The number of phenols is 1. The molecule has 0 fully saturated rings. The first-order chi connectivity index (χ1) is 15.8. The number of aromatic hydroxyl groups is 1. The van der Waals surface area contributed by atoms with Gasteiger partial charge in [0.05, 0.1) is 22.1 Å². The van der Waals surface area contributed by atoms with Crippen LogP contribution in [0.1, 0.15) is 11.1 Å². The Balaban J connectivity index is 1.81. The Labute approximate surface area is 189 Å². The third-order valence-electron chi connectivity index (χ3n) is 5.19. The zero-order chi connectivity index (χ0) is 23.2. The molecular weight excluding hydrogens is 438 g/mol. The molecule has 3 N–H and O–H groups in total. The molecule has 8 nitrogen and oxygen atoms in total. The van der Waals surface area contributed by atoms with Gasteiger partial charge in [0.1, 0.15) is 22.0 Å². The van der Waals surface area contributed by atoms with Crippen molar-refractivity contribution in [3.8, 4) is 5.75 Å². The van der Waals surface area contributed by atoms with E-state index in [2.05, 4.69) is 15.1 Å². The molecule has 0 spiro atoms. The average Bonchev–Trinajstić information content (AvgIpc) is 3.07. The molecule has 0 bridgehead atoms. The lowest BCUT2D eigenvalue weighted by atomic mass is 10.2. The number of anilines is 1. The maximum Gasteiger partial charge on any atom is 0.212 e. The molecule has 0 atom stereocenters. The van der Waals surface area contributed by atoms with Gasteiger partial charge in [-0.1, -0.05) is 36.4 Å². The van der Waals surface area contributed by atoms with Crippen LogP contribution < -0.4 is 5.73 Å². The summed E-state index contributed by atoms with van der Waals surface area (Å²) in [4.78, 5) is 9.16. The molecular formula is C24H19N5O3S. The lowest BCUT2D eigenvalue weighted by molar-refractivity contribution is 0.475. The third-order valence-corrected chi connectivity index (χ3v) is 7.00. The van der Waals surface area contributed by atoms with Gasteiger partial charge in [0, 0.05) is 0 Å². The van der Waals surface area contributed by atoms with Crippen LogP contribution in [0.15, 0.2) is 87.7 Å². The summed E-state index contributed by atoms with van der Waals surface area (Å²) in [6.45, 7) is 1.82. The Hall–Kier alpha value is -4.24. The van der Waals surface area contributed by atoms with Gasteiger partial charge in [-0.3, -0.25) is 0 Å². The number of nitrogens with zero attached hydrogens (tertiary/aromatic N) is 4. The van der Waals surface area contributed by atoms with Gasteiger partial charge < -0.3 is 10.8 Å². The first kappa shape index (κ1) is 20.7. The quantitative estimate of drug-likeness (QED) is 0.395. The number of rotatable bonds is 4. The maximum atomic E-state index is 13.6. The predicted molar refractivity (Wildman–Crippen MR) is 127 cm³/mol. The van der Waals surface area contributed by atoms with E-state index < -0.39 is 9.84 Å². The lowest BCUT2D eigenvalue weighted by Crippen LogP contribution is -2.07. The summed E-state index contributed by atoms with van der Waals surface area (Å²) < 4.78 is 28.6. The normalized spacial score (nSPS) is 12.2. The van der Waals surface area contributed by atoms with Crippen molar-refractivity contribution in [2.45, 2.75) is 16.7 Å². The summed E-state index contributed by atoms with van der Waals surface area (Å²) in [6.07, 6.45) is 1.47. The molecule has 0 saturated carbocycles. The second kappa shape index (κ2) is 7.72. The van der Waals surface area contributed by atoms with Crippen molar-refractivity contribution in [3.63, 3.8) is 0 Å². The summed E-state index contributed by atoms with van der Waals surface area (Å²) >= 11 is 0. The van der Waals surface area contributed by atoms with E-state index in [0.29, 0.717) is 16.6 Å². The van der Waals surface area contributed by atoms with Crippen molar-refractivity contribution in [2.75, 3.05) is 5.73 Å². The number of aromatic nitrogens is 3. The van der Waals surface area contributed by atoms with E-state index >= 15 is 0 Å². The number of nitrogen functional groups attached to an aromatic ring is 1. The Morgan fingerprint density at radius 1 is 0.970 bits per heavy atom.